The smallest absolute Gasteiger partial charge is 0.333 e. The molecule has 0 N–H and O–H groups in total. The van der Waals surface area contributed by atoms with Gasteiger partial charge in [-0.2, -0.15) is 10.2 Å². The molecule has 0 saturated carbocycles. The number of hydrogen-bond acceptors (Lipinski definition) is 5. The Morgan fingerprint density at radius 1 is 1.00 bits per heavy atom. The summed E-state index contributed by atoms with van der Waals surface area (Å²) in [5.41, 5.74) is 1.49. The van der Waals surface area contributed by atoms with Crippen LogP contribution in [0.3, 0.4) is 0 Å². The molecule has 0 aliphatic rings. The first-order valence-corrected chi connectivity index (χ1v) is 6.27. The summed E-state index contributed by atoms with van der Waals surface area (Å²) in [6, 6.07) is 16.4. The number of rotatable bonds is 6. The Morgan fingerprint density at radius 3 is 2.24 bits per heavy atom. The van der Waals surface area contributed by atoms with Gasteiger partial charge >= 0.3 is 5.97 Å². The van der Waals surface area contributed by atoms with E-state index in [1.54, 1.807) is 24.3 Å². The first-order valence-electron chi connectivity index (χ1n) is 6.27. The van der Waals surface area contributed by atoms with Crippen molar-refractivity contribution >= 4 is 17.3 Å². The van der Waals surface area contributed by atoms with Gasteiger partial charge in [-0.05, 0) is 36.4 Å². The van der Waals surface area contributed by atoms with Gasteiger partial charge in [-0.1, -0.05) is 24.8 Å². The molecule has 0 aliphatic carbocycles. The van der Waals surface area contributed by atoms with Crippen molar-refractivity contribution in [1.82, 2.24) is 0 Å². The quantitative estimate of drug-likeness (QED) is 0.346. The van der Waals surface area contributed by atoms with Gasteiger partial charge in [-0.15, -0.1) is 0 Å². The topological polar surface area (TPSA) is 60.2 Å². The third-order valence-corrected chi connectivity index (χ3v) is 2.47. The molecule has 0 aromatic heterocycles. The minimum Gasteiger partial charge on any atom is -0.457 e. The number of carbonyl (C=O) groups is 1. The maximum absolute atomic E-state index is 10.8. The Balaban J connectivity index is 1.88. The normalized spacial score (nSPS) is 10.3. The second-order valence-electron chi connectivity index (χ2n) is 3.96. The van der Waals surface area contributed by atoms with Crippen LogP contribution in [0.25, 0.3) is 0 Å². The molecule has 0 spiro atoms. The Labute approximate surface area is 122 Å². The molecule has 0 unspecified atom stereocenters. The molecular weight excluding hydrogens is 268 g/mol. The molecule has 2 aromatic rings. The lowest BCUT2D eigenvalue weighted by atomic mass is 10.3. The van der Waals surface area contributed by atoms with Gasteiger partial charge in [-0.25, -0.2) is 4.79 Å². The predicted molar refractivity (Wildman–Crippen MR) is 78.8 cm³/mol. The summed E-state index contributed by atoms with van der Waals surface area (Å²) in [6.07, 6.45) is 1.08. The van der Waals surface area contributed by atoms with E-state index < -0.39 is 5.97 Å². The fraction of sp³-hybridized carbons (Fsp3) is 0.0625. The summed E-state index contributed by atoms with van der Waals surface area (Å²) in [7, 11) is 0. The zero-order chi connectivity index (χ0) is 14.9. The van der Waals surface area contributed by atoms with Crippen molar-refractivity contribution in [2.24, 2.45) is 10.2 Å². The molecule has 106 valence electrons. The van der Waals surface area contributed by atoms with Crippen LogP contribution in [0.15, 0.2) is 77.5 Å². The molecule has 5 nitrogen and oxygen atoms in total. The molecule has 0 aliphatic heterocycles. The fourth-order valence-electron chi connectivity index (χ4n) is 1.43. The minimum atomic E-state index is -0.525. The summed E-state index contributed by atoms with van der Waals surface area (Å²) in [4.78, 5) is 10.8. The number of carbonyl (C=O) groups excluding carboxylic acids is 1. The SMILES string of the molecule is C=CC(=O)OCOc1ccc(/N=N/c2ccccc2)cc1. The molecule has 0 saturated heterocycles. The van der Waals surface area contributed by atoms with E-state index in [1.807, 2.05) is 30.3 Å². The van der Waals surface area contributed by atoms with Crippen LogP contribution in [0.5, 0.6) is 5.75 Å². The van der Waals surface area contributed by atoms with Crippen molar-refractivity contribution in [2.45, 2.75) is 0 Å². The number of hydrogen-bond donors (Lipinski definition) is 0. The highest BCUT2D eigenvalue weighted by atomic mass is 16.7. The van der Waals surface area contributed by atoms with Gasteiger partial charge in [0.2, 0.25) is 6.79 Å². The van der Waals surface area contributed by atoms with Crippen LogP contribution in [0, 0.1) is 0 Å². The Morgan fingerprint density at radius 2 is 1.62 bits per heavy atom. The summed E-state index contributed by atoms with van der Waals surface area (Å²) >= 11 is 0. The molecule has 21 heavy (non-hydrogen) atoms. The van der Waals surface area contributed by atoms with Gasteiger partial charge in [0, 0.05) is 6.08 Å². The van der Waals surface area contributed by atoms with Crippen molar-refractivity contribution in [2.75, 3.05) is 6.79 Å². The average Bonchev–Trinajstić information content (AvgIpc) is 2.55. The lowest BCUT2D eigenvalue weighted by molar-refractivity contribution is -0.144. The summed E-state index contributed by atoms with van der Waals surface area (Å²) in [5.74, 6) is 0.0498. The minimum absolute atomic E-state index is 0.157. The van der Waals surface area contributed by atoms with Crippen LogP contribution >= 0.6 is 0 Å². The van der Waals surface area contributed by atoms with Crippen molar-refractivity contribution in [3.8, 4) is 5.75 Å². The van der Waals surface area contributed by atoms with E-state index in [0.29, 0.717) is 11.4 Å². The molecule has 0 fully saturated rings. The monoisotopic (exact) mass is 282 g/mol. The molecule has 5 heteroatoms. The Kier molecular flexibility index (Phi) is 5.23. The van der Waals surface area contributed by atoms with Gasteiger partial charge in [0.1, 0.15) is 5.75 Å². The molecule has 0 amide bonds. The highest BCUT2D eigenvalue weighted by Gasteiger charge is 1.97. The largest absolute Gasteiger partial charge is 0.457 e. The zero-order valence-electron chi connectivity index (χ0n) is 11.3. The van der Waals surface area contributed by atoms with Crippen LogP contribution in [0.4, 0.5) is 11.4 Å². The fourth-order valence-corrected chi connectivity index (χ4v) is 1.43. The maximum atomic E-state index is 10.8. The van der Waals surface area contributed by atoms with Gasteiger partial charge < -0.3 is 9.47 Å². The van der Waals surface area contributed by atoms with Crippen molar-refractivity contribution in [3.63, 3.8) is 0 Å². The lowest BCUT2D eigenvalue weighted by Gasteiger charge is -2.05. The second kappa shape index (κ2) is 7.59. The van der Waals surface area contributed by atoms with Crippen molar-refractivity contribution in [1.29, 1.82) is 0 Å². The summed E-state index contributed by atoms with van der Waals surface area (Å²) in [5, 5.41) is 8.22. The third-order valence-electron chi connectivity index (χ3n) is 2.47. The van der Waals surface area contributed by atoms with Gasteiger partial charge in [0.15, 0.2) is 0 Å². The van der Waals surface area contributed by atoms with E-state index >= 15 is 0 Å². The molecule has 0 bridgehead atoms. The molecule has 0 heterocycles. The average molecular weight is 282 g/mol. The van der Waals surface area contributed by atoms with Gasteiger partial charge in [0.05, 0.1) is 11.4 Å². The van der Waals surface area contributed by atoms with E-state index in [1.165, 1.54) is 0 Å². The molecular formula is C16H14N2O3. The van der Waals surface area contributed by atoms with Crippen LogP contribution in [0.2, 0.25) is 0 Å². The van der Waals surface area contributed by atoms with E-state index in [-0.39, 0.29) is 6.79 Å². The first-order chi connectivity index (χ1) is 10.3. The predicted octanol–water partition coefficient (Wildman–Crippen LogP) is 4.17. The van der Waals surface area contributed by atoms with Crippen molar-refractivity contribution < 1.29 is 14.3 Å². The number of esters is 1. The Bertz CT molecular complexity index is 622. The molecule has 0 radical (unpaired) electrons. The van der Waals surface area contributed by atoms with Crippen LogP contribution < -0.4 is 4.74 Å². The number of ether oxygens (including phenoxy) is 2. The van der Waals surface area contributed by atoms with Crippen LogP contribution in [0.1, 0.15) is 0 Å². The molecule has 0 atom stereocenters. The highest BCUT2D eigenvalue weighted by molar-refractivity contribution is 5.81. The van der Waals surface area contributed by atoms with E-state index in [4.69, 9.17) is 9.47 Å². The highest BCUT2D eigenvalue weighted by Crippen LogP contribution is 2.21. The maximum Gasteiger partial charge on any atom is 0.333 e. The van der Waals surface area contributed by atoms with Gasteiger partial charge in [0.25, 0.3) is 0 Å². The Hall–Kier alpha value is -2.95. The van der Waals surface area contributed by atoms with Crippen LogP contribution in [-0.2, 0) is 9.53 Å². The number of benzene rings is 2. The van der Waals surface area contributed by atoms with E-state index in [2.05, 4.69) is 16.8 Å². The number of azo groups is 1. The number of nitrogens with zero attached hydrogens (tertiary/aromatic N) is 2. The lowest BCUT2D eigenvalue weighted by Crippen LogP contribution is -2.07. The van der Waals surface area contributed by atoms with Crippen molar-refractivity contribution in [3.05, 3.63) is 67.3 Å². The van der Waals surface area contributed by atoms with Crippen LogP contribution in [-0.4, -0.2) is 12.8 Å². The summed E-state index contributed by atoms with van der Waals surface area (Å²) in [6.45, 7) is 3.13. The summed E-state index contributed by atoms with van der Waals surface area (Å²) < 4.78 is 9.94. The first kappa shape index (κ1) is 14.5. The van der Waals surface area contributed by atoms with E-state index in [0.717, 1.165) is 11.8 Å². The van der Waals surface area contributed by atoms with Gasteiger partial charge in [-0.3, -0.25) is 0 Å². The third kappa shape index (κ3) is 4.91. The zero-order valence-corrected chi connectivity index (χ0v) is 11.3. The molecule has 2 rings (SSSR count). The second-order valence-corrected chi connectivity index (χ2v) is 3.96. The van der Waals surface area contributed by atoms with E-state index in [9.17, 15) is 4.79 Å². The standard InChI is InChI=1S/C16H14N2O3/c1-2-16(19)21-12-20-15-10-8-14(9-11-15)18-17-13-6-4-3-5-7-13/h2-11H,1,12H2/b18-17+. The molecule has 2 aromatic carbocycles.